The predicted octanol–water partition coefficient (Wildman–Crippen LogP) is 6.82. The van der Waals surface area contributed by atoms with E-state index >= 15 is 0 Å². The molecule has 0 saturated heterocycles. The van der Waals surface area contributed by atoms with Crippen molar-refractivity contribution in [2.24, 2.45) is 5.92 Å². The van der Waals surface area contributed by atoms with Crippen molar-refractivity contribution in [3.8, 4) is 0 Å². The Labute approximate surface area is 236 Å². The van der Waals surface area contributed by atoms with E-state index in [-0.39, 0.29) is 43.6 Å². The fraction of sp³-hybridized carbons (Fsp3) is 0.333. The van der Waals surface area contributed by atoms with E-state index in [1.807, 2.05) is 13.0 Å². The smallest absolute Gasteiger partial charge is 0.329 e. The molecule has 0 spiro atoms. The van der Waals surface area contributed by atoms with Gasteiger partial charge in [-0.15, -0.1) is 0 Å². The van der Waals surface area contributed by atoms with E-state index in [9.17, 15) is 19.2 Å². The van der Waals surface area contributed by atoms with Gasteiger partial charge in [0.05, 0.1) is 31.2 Å². The number of fused-ring (bicyclic) bond motifs is 1. The van der Waals surface area contributed by atoms with Crippen molar-refractivity contribution in [2.75, 3.05) is 11.9 Å². The molecular formula is C24H21BrCl4N2O5. The molecule has 1 N–H and O–H groups in total. The maximum absolute atomic E-state index is 13.2. The van der Waals surface area contributed by atoms with Crippen LogP contribution in [-0.4, -0.2) is 41.2 Å². The van der Waals surface area contributed by atoms with Crippen molar-refractivity contribution in [1.82, 2.24) is 4.90 Å². The van der Waals surface area contributed by atoms with Gasteiger partial charge in [0.25, 0.3) is 17.7 Å². The van der Waals surface area contributed by atoms with Gasteiger partial charge in [0.1, 0.15) is 6.04 Å². The maximum atomic E-state index is 13.2. The molecule has 0 radical (unpaired) electrons. The Morgan fingerprint density at radius 1 is 1.00 bits per heavy atom. The molecule has 0 fully saturated rings. The van der Waals surface area contributed by atoms with Crippen LogP contribution in [0, 0.1) is 5.92 Å². The van der Waals surface area contributed by atoms with Crippen LogP contribution in [0.1, 0.15) is 53.5 Å². The lowest BCUT2D eigenvalue weighted by molar-refractivity contribution is -0.151. The van der Waals surface area contributed by atoms with Crippen LogP contribution in [0.5, 0.6) is 0 Å². The first-order valence-corrected chi connectivity index (χ1v) is 13.2. The maximum Gasteiger partial charge on any atom is 0.329 e. The molecule has 0 saturated carbocycles. The van der Waals surface area contributed by atoms with Gasteiger partial charge in [-0.2, -0.15) is 0 Å². The number of carbonyl (C=O) groups excluding carboxylic acids is 4. The first kappa shape index (κ1) is 28.7. The highest BCUT2D eigenvalue weighted by Gasteiger charge is 2.47. The normalized spacial score (nSPS) is 13.8. The third kappa shape index (κ3) is 5.68. The first-order valence-electron chi connectivity index (χ1n) is 10.9. The molecule has 12 heteroatoms. The fourth-order valence-corrected chi connectivity index (χ4v) is 5.22. The second-order valence-electron chi connectivity index (χ2n) is 8.44. The lowest BCUT2D eigenvalue weighted by Crippen LogP contribution is -2.47. The van der Waals surface area contributed by atoms with Crippen LogP contribution in [-0.2, 0) is 20.7 Å². The molecule has 3 rings (SSSR count). The molecule has 0 aliphatic carbocycles. The number of nitrogens with one attached hydrogen (secondary N) is 1. The highest BCUT2D eigenvalue weighted by Crippen LogP contribution is 2.45. The van der Waals surface area contributed by atoms with Gasteiger partial charge in [0, 0.05) is 10.2 Å². The fourth-order valence-electron chi connectivity index (χ4n) is 3.80. The van der Waals surface area contributed by atoms with E-state index in [1.54, 1.807) is 26.0 Å². The summed E-state index contributed by atoms with van der Waals surface area (Å²) in [5.41, 5.74) is 1.00. The summed E-state index contributed by atoms with van der Waals surface area (Å²) in [5.74, 6) is -3.32. The molecule has 1 heterocycles. The predicted molar refractivity (Wildman–Crippen MR) is 143 cm³/mol. The molecule has 0 unspecified atom stereocenters. The summed E-state index contributed by atoms with van der Waals surface area (Å²) < 4.78 is 6.09. The minimum absolute atomic E-state index is 0.0787. The van der Waals surface area contributed by atoms with Crippen LogP contribution < -0.4 is 5.32 Å². The van der Waals surface area contributed by atoms with Crippen LogP contribution in [0.4, 0.5) is 5.69 Å². The number of esters is 1. The van der Waals surface area contributed by atoms with Gasteiger partial charge in [-0.05, 0) is 42.5 Å². The van der Waals surface area contributed by atoms with Crippen LogP contribution in [0.25, 0.3) is 0 Å². The van der Waals surface area contributed by atoms with Crippen molar-refractivity contribution in [1.29, 1.82) is 0 Å². The van der Waals surface area contributed by atoms with Crippen LogP contribution in [0.2, 0.25) is 20.1 Å². The SMILES string of the molecule is CCc1cc(Br)ccc1NC(=O)COC(=O)[C@H](CC(C)C)N1C(=O)c2c(Cl)c(Cl)c(Cl)c(Cl)c2C1=O. The Balaban J connectivity index is 1.82. The molecule has 0 aromatic heterocycles. The van der Waals surface area contributed by atoms with E-state index < -0.39 is 36.3 Å². The lowest BCUT2D eigenvalue weighted by atomic mass is 10.0. The Morgan fingerprint density at radius 2 is 1.56 bits per heavy atom. The van der Waals surface area contributed by atoms with Gasteiger partial charge >= 0.3 is 5.97 Å². The van der Waals surface area contributed by atoms with Gasteiger partial charge < -0.3 is 10.1 Å². The summed E-state index contributed by atoms with van der Waals surface area (Å²) in [7, 11) is 0. The summed E-state index contributed by atoms with van der Waals surface area (Å²) >= 11 is 27.9. The molecule has 2 aromatic rings. The van der Waals surface area contributed by atoms with Gasteiger partial charge in [-0.25, -0.2) is 4.79 Å². The average Bonchev–Trinajstić information content (AvgIpc) is 3.09. The number of nitrogens with zero attached hydrogens (tertiary/aromatic N) is 1. The largest absolute Gasteiger partial charge is 0.454 e. The van der Waals surface area contributed by atoms with Gasteiger partial charge in [0.2, 0.25) is 0 Å². The van der Waals surface area contributed by atoms with E-state index in [0.717, 1.165) is 14.9 Å². The number of halogens is 5. The molecule has 7 nitrogen and oxygen atoms in total. The number of carbonyl (C=O) groups is 4. The molecule has 36 heavy (non-hydrogen) atoms. The Kier molecular flexibility index (Phi) is 9.33. The zero-order valence-corrected chi connectivity index (χ0v) is 24.0. The Bertz CT molecular complexity index is 1220. The van der Waals surface area contributed by atoms with Crippen LogP contribution in [0.15, 0.2) is 22.7 Å². The van der Waals surface area contributed by atoms with E-state index in [1.165, 1.54) is 0 Å². The summed E-state index contributed by atoms with van der Waals surface area (Å²) in [6.45, 7) is 4.93. The standard InChI is InChI=1S/C24H21BrCl4N2O5/c1-4-11-8-12(25)5-6-13(11)30-15(32)9-36-24(35)14(7-10(2)3)31-22(33)16-17(23(31)34)19(27)21(29)20(28)18(16)26/h5-6,8,10,14H,4,7,9H2,1-3H3,(H,30,32)/t14-/m0/s1. The third-order valence-electron chi connectivity index (χ3n) is 5.48. The van der Waals surface area contributed by atoms with Gasteiger partial charge in [-0.3, -0.25) is 19.3 Å². The number of ether oxygens (including phenoxy) is 1. The second kappa shape index (κ2) is 11.7. The highest BCUT2D eigenvalue weighted by molar-refractivity contribution is 9.10. The van der Waals surface area contributed by atoms with Crippen molar-refractivity contribution in [3.05, 3.63) is 59.5 Å². The summed E-state index contributed by atoms with van der Waals surface area (Å²) in [5, 5.41) is 1.88. The Hall–Kier alpha value is -1.84. The first-order chi connectivity index (χ1) is 16.9. The number of amides is 3. The monoisotopic (exact) mass is 636 g/mol. The second-order valence-corrected chi connectivity index (χ2v) is 10.9. The molecule has 0 bridgehead atoms. The minimum atomic E-state index is -1.33. The molecule has 1 aliphatic rings. The van der Waals surface area contributed by atoms with E-state index in [4.69, 9.17) is 51.1 Å². The molecule has 2 aromatic carbocycles. The number of benzene rings is 2. The van der Waals surface area contributed by atoms with Crippen LogP contribution in [0.3, 0.4) is 0 Å². The lowest BCUT2D eigenvalue weighted by Gasteiger charge is -2.26. The number of rotatable bonds is 8. The number of hydrogen-bond donors (Lipinski definition) is 1. The molecule has 192 valence electrons. The highest BCUT2D eigenvalue weighted by atomic mass is 79.9. The van der Waals surface area contributed by atoms with Crippen LogP contribution >= 0.6 is 62.3 Å². The minimum Gasteiger partial charge on any atom is -0.454 e. The van der Waals surface area contributed by atoms with Crippen molar-refractivity contribution < 1.29 is 23.9 Å². The number of hydrogen-bond acceptors (Lipinski definition) is 5. The topological polar surface area (TPSA) is 92.8 Å². The quantitative estimate of drug-likeness (QED) is 0.148. The zero-order chi connectivity index (χ0) is 26.9. The number of aryl methyl sites for hydroxylation is 1. The summed E-state index contributed by atoms with van der Waals surface area (Å²) in [6.07, 6.45) is 0.750. The Morgan fingerprint density at radius 3 is 2.06 bits per heavy atom. The molecule has 3 amide bonds. The summed E-state index contributed by atoms with van der Waals surface area (Å²) in [6, 6.07) is 4.05. The van der Waals surface area contributed by atoms with Gasteiger partial charge in [-0.1, -0.05) is 83.1 Å². The molecular weight excluding hydrogens is 618 g/mol. The molecule has 1 aliphatic heterocycles. The zero-order valence-electron chi connectivity index (χ0n) is 19.4. The van der Waals surface area contributed by atoms with Crippen molar-refractivity contribution >= 4 is 91.7 Å². The number of anilines is 1. The van der Waals surface area contributed by atoms with Crippen molar-refractivity contribution in [2.45, 2.75) is 39.7 Å². The van der Waals surface area contributed by atoms with Gasteiger partial charge in [0.15, 0.2) is 6.61 Å². The summed E-state index contributed by atoms with van der Waals surface area (Å²) in [4.78, 5) is 52.7. The van der Waals surface area contributed by atoms with E-state index in [2.05, 4.69) is 21.2 Å². The van der Waals surface area contributed by atoms with E-state index in [0.29, 0.717) is 12.1 Å². The van der Waals surface area contributed by atoms with Crippen molar-refractivity contribution in [3.63, 3.8) is 0 Å². The number of imide groups is 1. The average molecular weight is 639 g/mol. The third-order valence-corrected chi connectivity index (χ3v) is 7.77. The molecule has 1 atom stereocenters.